The molecule has 0 aliphatic heterocycles. The number of ether oxygens (including phenoxy) is 1. The van der Waals surface area contributed by atoms with E-state index in [-0.39, 0.29) is 29.1 Å². The highest BCUT2D eigenvalue weighted by Crippen LogP contribution is 2.33. The number of nitrogens with one attached hydrogen (secondary N) is 1. The first-order valence-corrected chi connectivity index (χ1v) is 16.6. The van der Waals surface area contributed by atoms with Crippen LogP contribution in [0.3, 0.4) is 0 Å². The zero-order valence-corrected chi connectivity index (χ0v) is 26.8. The van der Waals surface area contributed by atoms with Crippen molar-refractivity contribution in [3.05, 3.63) is 87.9 Å². The highest BCUT2D eigenvalue weighted by molar-refractivity contribution is 9.10. The van der Waals surface area contributed by atoms with Crippen LogP contribution >= 0.6 is 27.5 Å². The number of benzene rings is 3. The Morgan fingerprint density at radius 2 is 1.67 bits per heavy atom. The van der Waals surface area contributed by atoms with Gasteiger partial charge >= 0.3 is 0 Å². The van der Waals surface area contributed by atoms with Gasteiger partial charge in [0.2, 0.25) is 11.8 Å². The molecular formula is C31H35BrClN3O5S. The van der Waals surface area contributed by atoms with E-state index in [4.69, 9.17) is 16.3 Å². The number of anilines is 1. The first kappa shape index (κ1) is 31.8. The van der Waals surface area contributed by atoms with E-state index < -0.39 is 28.5 Å². The third kappa shape index (κ3) is 7.85. The Morgan fingerprint density at radius 1 is 1.02 bits per heavy atom. The number of carbonyl (C=O) groups excluding carboxylic acids is 2. The van der Waals surface area contributed by atoms with Gasteiger partial charge in [-0.1, -0.05) is 64.6 Å². The summed E-state index contributed by atoms with van der Waals surface area (Å²) in [7, 11) is -4.24. The molecule has 1 aliphatic carbocycles. The lowest BCUT2D eigenvalue weighted by molar-refractivity contribution is -0.139. The van der Waals surface area contributed by atoms with Gasteiger partial charge in [-0.3, -0.25) is 13.9 Å². The summed E-state index contributed by atoms with van der Waals surface area (Å²) >= 11 is 9.46. The molecule has 0 heterocycles. The van der Waals surface area contributed by atoms with Crippen LogP contribution in [-0.2, 0) is 26.2 Å². The molecule has 11 heteroatoms. The van der Waals surface area contributed by atoms with Crippen molar-refractivity contribution in [2.45, 2.75) is 63.1 Å². The van der Waals surface area contributed by atoms with E-state index in [1.807, 2.05) is 24.3 Å². The van der Waals surface area contributed by atoms with E-state index in [2.05, 4.69) is 21.2 Å². The van der Waals surface area contributed by atoms with Crippen molar-refractivity contribution in [2.75, 3.05) is 17.5 Å². The molecule has 8 nitrogen and oxygen atoms in total. The summed E-state index contributed by atoms with van der Waals surface area (Å²) in [6.45, 7) is 3.34. The molecular weight excluding hydrogens is 642 g/mol. The fraction of sp³-hybridized carbons (Fsp3) is 0.355. The third-order valence-electron chi connectivity index (χ3n) is 7.25. The molecule has 1 N–H and O–H groups in total. The second-order valence-corrected chi connectivity index (χ2v) is 13.4. The molecule has 0 unspecified atom stereocenters. The minimum Gasteiger partial charge on any atom is -0.492 e. The van der Waals surface area contributed by atoms with Gasteiger partial charge in [-0.15, -0.1) is 0 Å². The van der Waals surface area contributed by atoms with Gasteiger partial charge in [-0.2, -0.15) is 0 Å². The number of hydrogen-bond donors (Lipinski definition) is 1. The second kappa shape index (κ2) is 14.4. The number of amides is 2. The van der Waals surface area contributed by atoms with Crippen molar-refractivity contribution >= 4 is 55.1 Å². The minimum absolute atomic E-state index is 0.0301. The molecule has 2 amide bonds. The van der Waals surface area contributed by atoms with Crippen molar-refractivity contribution in [1.29, 1.82) is 0 Å². The molecule has 1 saturated carbocycles. The maximum absolute atomic E-state index is 14.2. The molecule has 0 spiro atoms. The highest BCUT2D eigenvalue weighted by Gasteiger charge is 2.34. The molecule has 224 valence electrons. The fourth-order valence-electron chi connectivity index (χ4n) is 4.95. The van der Waals surface area contributed by atoms with Crippen LogP contribution in [0.25, 0.3) is 0 Å². The van der Waals surface area contributed by atoms with Gasteiger partial charge < -0.3 is 15.0 Å². The van der Waals surface area contributed by atoms with Gasteiger partial charge in [0.15, 0.2) is 0 Å². The number of sulfonamides is 1. The van der Waals surface area contributed by atoms with E-state index in [9.17, 15) is 18.0 Å². The molecule has 0 saturated heterocycles. The Labute approximate surface area is 261 Å². The summed E-state index contributed by atoms with van der Waals surface area (Å²) in [6.07, 6.45) is 3.91. The minimum atomic E-state index is -4.24. The monoisotopic (exact) mass is 675 g/mol. The van der Waals surface area contributed by atoms with Crippen LogP contribution in [0, 0.1) is 0 Å². The number of hydrogen-bond acceptors (Lipinski definition) is 5. The zero-order chi connectivity index (χ0) is 30.3. The predicted octanol–water partition coefficient (Wildman–Crippen LogP) is 6.17. The molecule has 3 aromatic carbocycles. The zero-order valence-electron chi connectivity index (χ0n) is 23.6. The van der Waals surface area contributed by atoms with Crippen LogP contribution in [0.1, 0.15) is 45.1 Å². The summed E-state index contributed by atoms with van der Waals surface area (Å²) in [5.74, 6) is -0.484. The molecule has 42 heavy (non-hydrogen) atoms. The summed E-state index contributed by atoms with van der Waals surface area (Å²) < 4.78 is 35.8. The smallest absolute Gasteiger partial charge is 0.264 e. The number of nitrogens with zero attached hydrogens (tertiary/aromatic N) is 2. The lowest BCUT2D eigenvalue weighted by atomic mass is 10.1. The standard InChI is InChI=1S/C31H35BrClN3O5S/c1-3-41-29-11-7-6-10-28(29)36(42(39,40)27-18-16-25(33)17-19-27)21-30(37)35(20-23-12-14-24(32)15-13-23)22(2)31(38)34-26-8-4-5-9-26/h6-7,10-19,22,26H,3-5,8-9,20-21H2,1-2H3,(H,34,38)/t22-/m0/s1. The van der Waals surface area contributed by atoms with E-state index in [0.717, 1.165) is 40.0 Å². The van der Waals surface area contributed by atoms with Gasteiger partial charge in [0.25, 0.3) is 10.0 Å². The number of carbonyl (C=O) groups is 2. The maximum atomic E-state index is 14.2. The van der Waals surface area contributed by atoms with Crippen LogP contribution in [-0.4, -0.2) is 50.4 Å². The molecule has 4 rings (SSSR count). The summed E-state index contributed by atoms with van der Waals surface area (Å²) in [5, 5.41) is 3.46. The van der Waals surface area contributed by atoms with Crippen LogP contribution in [0.2, 0.25) is 5.02 Å². The predicted molar refractivity (Wildman–Crippen MR) is 168 cm³/mol. The SMILES string of the molecule is CCOc1ccccc1N(CC(=O)N(Cc1ccc(Br)cc1)[C@@H](C)C(=O)NC1CCCC1)S(=O)(=O)c1ccc(Cl)cc1. The maximum Gasteiger partial charge on any atom is 0.264 e. The quantitative estimate of drug-likeness (QED) is 0.248. The molecule has 0 radical (unpaired) electrons. The fourth-order valence-corrected chi connectivity index (χ4v) is 6.76. The molecule has 1 atom stereocenters. The van der Waals surface area contributed by atoms with E-state index in [1.54, 1.807) is 38.1 Å². The third-order valence-corrected chi connectivity index (χ3v) is 9.80. The molecule has 1 aliphatic rings. The Balaban J connectivity index is 1.72. The molecule has 0 aromatic heterocycles. The van der Waals surface area contributed by atoms with E-state index in [1.165, 1.54) is 29.2 Å². The van der Waals surface area contributed by atoms with Crippen LogP contribution in [0.5, 0.6) is 5.75 Å². The van der Waals surface area contributed by atoms with E-state index >= 15 is 0 Å². The largest absolute Gasteiger partial charge is 0.492 e. The van der Waals surface area contributed by atoms with Crippen molar-refractivity contribution in [2.24, 2.45) is 0 Å². The lowest BCUT2D eigenvalue weighted by Crippen LogP contribution is -2.52. The molecule has 0 bridgehead atoms. The first-order chi connectivity index (χ1) is 20.1. The van der Waals surface area contributed by atoms with E-state index in [0.29, 0.717) is 17.4 Å². The van der Waals surface area contributed by atoms with Gasteiger partial charge in [0.05, 0.1) is 17.2 Å². The van der Waals surface area contributed by atoms with Gasteiger partial charge in [-0.25, -0.2) is 8.42 Å². The second-order valence-electron chi connectivity index (χ2n) is 10.2. The number of halogens is 2. The average molecular weight is 677 g/mol. The lowest BCUT2D eigenvalue weighted by Gasteiger charge is -2.33. The number of rotatable bonds is 12. The Bertz CT molecular complexity index is 1480. The molecule has 3 aromatic rings. The Kier molecular flexibility index (Phi) is 10.9. The van der Waals surface area contributed by atoms with Crippen molar-refractivity contribution < 1.29 is 22.7 Å². The Hall–Kier alpha value is -3.08. The molecule has 1 fully saturated rings. The van der Waals surface area contributed by atoms with Crippen molar-refractivity contribution in [1.82, 2.24) is 10.2 Å². The Morgan fingerprint density at radius 3 is 2.31 bits per heavy atom. The van der Waals surface area contributed by atoms with Crippen molar-refractivity contribution in [3.63, 3.8) is 0 Å². The number of para-hydroxylation sites is 2. The summed E-state index contributed by atoms with van der Waals surface area (Å²) in [5.41, 5.74) is 1.02. The van der Waals surface area contributed by atoms with Crippen LogP contribution in [0.4, 0.5) is 5.69 Å². The average Bonchev–Trinajstić information content (AvgIpc) is 3.49. The topological polar surface area (TPSA) is 96.0 Å². The van der Waals surface area contributed by atoms with Gasteiger partial charge in [0.1, 0.15) is 18.3 Å². The van der Waals surface area contributed by atoms with Crippen LogP contribution < -0.4 is 14.4 Å². The first-order valence-electron chi connectivity index (χ1n) is 13.9. The van der Waals surface area contributed by atoms with Gasteiger partial charge in [-0.05, 0) is 80.8 Å². The summed E-state index contributed by atoms with van der Waals surface area (Å²) in [4.78, 5) is 28.9. The highest BCUT2D eigenvalue weighted by atomic mass is 79.9. The van der Waals surface area contributed by atoms with Gasteiger partial charge in [0, 0.05) is 22.1 Å². The van der Waals surface area contributed by atoms with Crippen molar-refractivity contribution in [3.8, 4) is 5.75 Å². The van der Waals surface area contributed by atoms with Crippen LogP contribution in [0.15, 0.2) is 82.2 Å². The normalized spacial score (nSPS) is 14.3. The summed E-state index contributed by atoms with van der Waals surface area (Å²) in [6, 6.07) is 19.1.